The first kappa shape index (κ1) is 16.8. The standard InChI is InChI=1S/C20H20N2O3/c1-12-8-18(15-6-5-14(24-2)11-19(15)25-3)22-17-7-4-13(9-16(12)17)10-20(21)23/h4-9,11H,10H2,1-3H3,(H2,21,23). The summed E-state index contributed by atoms with van der Waals surface area (Å²) in [7, 11) is 3.25. The van der Waals surface area contributed by atoms with Crippen LogP contribution >= 0.6 is 0 Å². The lowest BCUT2D eigenvalue weighted by Gasteiger charge is -2.12. The van der Waals surface area contributed by atoms with Crippen LogP contribution in [0, 0.1) is 6.92 Å². The lowest BCUT2D eigenvalue weighted by Crippen LogP contribution is -2.13. The highest BCUT2D eigenvalue weighted by Gasteiger charge is 2.12. The lowest BCUT2D eigenvalue weighted by molar-refractivity contribution is -0.117. The molecule has 3 rings (SSSR count). The monoisotopic (exact) mass is 336 g/mol. The Morgan fingerprint density at radius 3 is 2.56 bits per heavy atom. The minimum Gasteiger partial charge on any atom is -0.497 e. The van der Waals surface area contributed by atoms with E-state index in [0.29, 0.717) is 5.75 Å². The first-order valence-corrected chi connectivity index (χ1v) is 7.93. The topological polar surface area (TPSA) is 74.4 Å². The number of nitrogens with two attached hydrogens (primary N) is 1. The van der Waals surface area contributed by atoms with E-state index in [2.05, 4.69) is 0 Å². The van der Waals surface area contributed by atoms with Gasteiger partial charge in [0.25, 0.3) is 0 Å². The van der Waals surface area contributed by atoms with Crippen molar-refractivity contribution in [3.05, 3.63) is 53.6 Å². The predicted octanol–water partition coefficient (Wildman–Crippen LogP) is 3.26. The summed E-state index contributed by atoms with van der Waals surface area (Å²) in [6.45, 7) is 2.03. The molecule has 0 bridgehead atoms. The molecule has 0 saturated carbocycles. The second-order valence-corrected chi connectivity index (χ2v) is 5.89. The molecule has 2 aromatic carbocycles. The third-order valence-electron chi connectivity index (χ3n) is 4.14. The first-order valence-electron chi connectivity index (χ1n) is 7.93. The average molecular weight is 336 g/mol. The summed E-state index contributed by atoms with van der Waals surface area (Å²) in [6.07, 6.45) is 0.226. The Bertz CT molecular complexity index is 951. The molecule has 0 aliphatic heterocycles. The number of hydrogen-bond donors (Lipinski definition) is 1. The van der Waals surface area contributed by atoms with Crippen LogP contribution in [-0.4, -0.2) is 25.1 Å². The summed E-state index contributed by atoms with van der Waals surface area (Å²) in [5.41, 5.74) is 9.83. The van der Waals surface area contributed by atoms with E-state index >= 15 is 0 Å². The summed E-state index contributed by atoms with van der Waals surface area (Å²) in [5, 5.41) is 1.01. The molecule has 0 unspecified atom stereocenters. The van der Waals surface area contributed by atoms with Crippen molar-refractivity contribution in [2.24, 2.45) is 5.73 Å². The first-order chi connectivity index (χ1) is 12.0. The van der Waals surface area contributed by atoms with E-state index < -0.39 is 0 Å². The number of nitrogens with zero attached hydrogens (tertiary/aromatic N) is 1. The highest BCUT2D eigenvalue weighted by Crippen LogP contribution is 2.34. The summed E-state index contributed by atoms with van der Waals surface area (Å²) < 4.78 is 10.7. The minimum atomic E-state index is -0.343. The van der Waals surface area contributed by atoms with Gasteiger partial charge in [-0.05, 0) is 48.4 Å². The fourth-order valence-corrected chi connectivity index (χ4v) is 2.90. The molecule has 0 atom stereocenters. The van der Waals surface area contributed by atoms with Crippen molar-refractivity contribution in [2.45, 2.75) is 13.3 Å². The summed E-state index contributed by atoms with van der Waals surface area (Å²) in [6, 6.07) is 13.4. The van der Waals surface area contributed by atoms with Crippen LogP contribution in [0.3, 0.4) is 0 Å². The maximum atomic E-state index is 11.1. The van der Waals surface area contributed by atoms with Crippen molar-refractivity contribution >= 4 is 16.8 Å². The normalized spacial score (nSPS) is 10.7. The molecule has 5 nitrogen and oxygen atoms in total. The van der Waals surface area contributed by atoms with Crippen molar-refractivity contribution in [3.63, 3.8) is 0 Å². The zero-order valence-electron chi connectivity index (χ0n) is 14.5. The van der Waals surface area contributed by atoms with Crippen LogP contribution in [0.4, 0.5) is 0 Å². The molecule has 0 radical (unpaired) electrons. The quantitative estimate of drug-likeness (QED) is 0.776. The van der Waals surface area contributed by atoms with E-state index in [4.69, 9.17) is 20.2 Å². The highest BCUT2D eigenvalue weighted by atomic mass is 16.5. The number of methoxy groups -OCH3 is 2. The summed E-state index contributed by atoms with van der Waals surface area (Å²) >= 11 is 0. The maximum Gasteiger partial charge on any atom is 0.221 e. The van der Waals surface area contributed by atoms with E-state index in [-0.39, 0.29) is 12.3 Å². The van der Waals surface area contributed by atoms with Crippen molar-refractivity contribution in [2.75, 3.05) is 14.2 Å². The van der Waals surface area contributed by atoms with E-state index in [1.165, 1.54) is 0 Å². The average Bonchev–Trinajstić information content (AvgIpc) is 2.61. The number of carbonyl (C=O) groups is 1. The van der Waals surface area contributed by atoms with Crippen LogP contribution in [0.2, 0.25) is 0 Å². The zero-order valence-corrected chi connectivity index (χ0v) is 14.5. The van der Waals surface area contributed by atoms with Crippen LogP contribution in [0.15, 0.2) is 42.5 Å². The van der Waals surface area contributed by atoms with Crippen LogP contribution < -0.4 is 15.2 Å². The number of carbonyl (C=O) groups excluding carboxylic acids is 1. The number of aromatic nitrogens is 1. The number of benzene rings is 2. The van der Waals surface area contributed by atoms with Crippen molar-refractivity contribution in [1.29, 1.82) is 0 Å². The third-order valence-corrected chi connectivity index (χ3v) is 4.14. The molecule has 25 heavy (non-hydrogen) atoms. The molecule has 0 saturated heterocycles. The van der Waals surface area contributed by atoms with Crippen molar-refractivity contribution < 1.29 is 14.3 Å². The second-order valence-electron chi connectivity index (χ2n) is 5.89. The molecule has 5 heteroatoms. The molecule has 3 aromatic rings. The van der Waals surface area contributed by atoms with Gasteiger partial charge in [-0.3, -0.25) is 4.79 Å². The number of hydrogen-bond acceptors (Lipinski definition) is 4. The van der Waals surface area contributed by atoms with Crippen LogP contribution in [0.1, 0.15) is 11.1 Å². The molecule has 0 fully saturated rings. The Labute approximate surface area is 146 Å². The predicted molar refractivity (Wildman–Crippen MR) is 97.9 cm³/mol. The van der Waals surface area contributed by atoms with Gasteiger partial charge in [0.1, 0.15) is 11.5 Å². The summed E-state index contributed by atoms with van der Waals surface area (Å²) in [5.74, 6) is 1.09. The second kappa shape index (κ2) is 6.81. The molecule has 0 aliphatic carbocycles. The Balaban J connectivity index is 2.11. The smallest absolute Gasteiger partial charge is 0.221 e. The molecule has 1 aromatic heterocycles. The van der Waals surface area contributed by atoms with Gasteiger partial charge in [0.15, 0.2) is 0 Å². The Hall–Kier alpha value is -3.08. The largest absolute Gasteiger partial charge is 0.497 e. The molecule has 1 amide bonds. The molecular formula is C20H20N2O3. The Kier molecular flexibility index (Phi) is 4.57. The number of fused-ring (bicyclic) bond motifs is 1. The van der Waals surface area contributed by atoms with Gasteiger partial charge in [0.05, 0.1) is 31.9 Å². The summed E-state index contributed by atoms with van der Waals surface area (Å²) in [4.78, 5) is 15.9. The van der Waals surface area contributed by atoms with Gasteiger partial charge in [-0.2, -0.15) is 0 Å². The lowest BCUT2D eigenvalue weighted by atomic mass is 10.0. The number of aryl methyl sites for hydroxylation is 1. The number of primary amides is 1. The fraction of sp³-hybridized carbons (Fsp3) is 0.200. The Morgan fingerprint density at radius 2 is 1.88 bits per heavy atom. The van der Waals surface area contributed by atoms with E-state index in [9.17, 15) is 4.79 Å². The zero-order chi connectivity index (χ0) is 18.0. The Morgan fingerprint density at radius 1 is 1.08 bits per heavy atom. The number of amides is 1. The van der Waals surface area contributed by atoms with Gasteiger partial charge in [0, 0.05) is 17.0 Å². The molecule has 0 aliphatic rings. The third kappa shape index (κ3) is 3.40. The van der Waals surface area contributed by atoms with E-state index in [1.54, 1.807) is 14.2 Å². The van der Waals surface area contributed by atoms with Crippen LogP contribution in [0.25, 0.3) is 22.2 Å². The van der Waals surface area contributed by atoms with Gasteiger partial charge >= 0.3 is 0 Å². The fourth-order valence-electron chi connectivity index (χ4n) is 2.90. The molecular weight excluding hydrogens is 316 g/mol. The van der Waals surface area contributed by atoms with E-state index in [1.807, 2.05) is 49.4 Å². The van der Waals surface area contributed by atoms with Gasteiger partial charge in [-0.25, -0.2) is 4.98 Å². The molecule has 1 heterocycles. The van der Waals surface area contributed by atoms with Crippen LogP contribution in [0.5, 0.6) is 11.5 Å². The van der Waals surface area contributed by atoms with Gasteiger partial charge in [-0.15, -0.1) is 0 Å². The number of ether oxygens (including phenoxy) is 2. The van der Waals surface area contributed by atoms with E-state index in [0.717, 1.165) is 39.0 Å². The van der Waals surface area contributed by atoms with Crippen molar-refractivity contribution in [3.8, 4) is 22.8 Å². The highest BCUT2D eigenvalue weighted by molar-refractivity contribution is 5.87. The van der Waals surface area contributed by atoms with Gasteiger partial charge in [-0.1, -0.05) is 6.07 Å². The molecule has 2 N–H and O–H groups in total. The number of pyridine rings is 1. The van der Waals surface area contributed by atoms with Gasteiger partial charge < -0.3 is 15.2 Å². The number of rotatable bonds is 5. The van der Waals surface area contributed by atoms with Crippen molar-refractivity contribution in [1.82, 2.24) is 4.98 Å². The van der Waals surface area contributed by atoms with Crippen LogP contribution in [-0.2, 0) is 11.2 Å². The molecule has 0 spiro atoms. The SMILES string of the molecule is COc1ccc(-c2cc(C)c3cc(CC(N)=O)ccc3n2)c(OC)c1. The molecule has 128 valence electrons. The maximum absolute atomic E-state index is 11.1. The minimum absolute atomic E-state index is 0.226. The van der Waals surface area contributed by atoms with Gasteiger partial charge in [0.2, 0.25) is 5.91 Å².